The molecule has 0 aromatic heterocycles. The van der Waals surface area contributed by atoms with Gasteiger partial charge in [0.05, 0.1) is 0 Å². The molecule has 2 amide bonds. The molecular weight excluding hydrogens is 244 g/mol. The summed E-state index contributed by atoms with van der Waals surface area (Å²) in [4.78, 5) is 24.2. The van der Waals surface area contributed by atoms with Crippen LogP contribution in [-0.2, 0) is 4.79 Å². The predicted molar refractivity (Wildman–Crippen MR) is 74.4 cm³/mol. The van der Waals surface area contributed by atoms with Crippen molar-refractivity contribution in [1.29, 1.82) is 0 Å². The van der Waals surface area contributed by atoms with Gasteiger partial charge in [-0.15, -0.1) is 0 Å². The molecule has 0 aliphatic carbocycles. The summed E-state index contributed by atoms with van der Waals surface area (Å²) < 4.78 is 0. The number of anilines is 1. The van der Waals surface area contributed by atoms with Crippen LogP contribution in [-0.4, -0.2) is 34.6 Å². The molecule has 5 nitrogen and oxygen atoms in total. The van der Waals surface area contributed by atoms with Crippen molar-refractivity contribution >= 4 is 17.7 Å². The van der Waals surface area contributed by atoms with E-state index in [-0.39, 0.29) is 12.6 Å². The van der Waals surface area contributed by atoms with Crippen LogP contribution < -0.4 is 5.32 Å². The second-order valence-corrected chi connectivity index (χ2v) is 4.79. The van der Waals surface area contributed by atoms with Crippen molar-refractivity contribution in [1.82, 2.24) is 4.90 Å². The molecule has 0 heterocycles. The molecule has 0 saturated heterocycles. The molecule has 0 unspecified atom stereocenters. The highest BCUT2D eigenvalue weighted by molar-refractivity contribution is 5.92. The lowest BCUT2D eigenvalue weighted by Gasteiger charge is -2.25. The summed E-state index contributed by atoms with van der Waals surface area (Å²) in [6.45, 7) is 7.13. The van der Waals surface area contributed by atoms with Gasteiger partial charge in [-0.3, -0.25) is 4.79 Å². The first kappa shape index (κ1) is 15.0. The van der Waals surface area contributed by atoms with Crippen LogP contribution in [0.5, 0.6) is 0 Å². The monoisotopic (exact) mass is 264 g/mol. The largest absolute Gasteiger partial charge is 0.480 e. The molecule has 0 aliphatic rings. The lowest BCUT2D eigenvalue weighted by atomic mass is 10.1. The Kier molecular flexibility index (Phi) is 4.92. The van der Waals surface area contributed by atoms with E-state index in [0.717, 1.165) is 11.1 Å². The maximum atomic E-state index is 12.1. The Labute approximate surface area is 113 Å². The van der Waals surface area contributed by atoms with E-state index in [1.54, 1.807) is 19.9 Å². The van der Waals surface area contributed by atoms with Gasteiger partial charge in [0.1, 0.15) is 6.54 Å². The number of aryl methyl sites for hydroxylation is 1. The summed E-state index contributed by atoms with van der Waals surface area (Å²) in [7, 11) is 0. The number of carboxylic acids is 1. The third kappa shape index (κ3) is 3.98. The normalized spacial score (nSPS) is 10.4. The van der Waals surface area contributed by atoms with Crippen LogP contribution in [0.1, 0.15) is 25.0 Å². The Balaban J connectivity index is 2.87. The molecule has 0 spiro atoms. The Hall–Kier alpha value is -2.04. The van der Waals surface area contributed by atoms with Crippen LogP contribution >= 0.6 is 0 Å². The van der Waals surface area contributed by atoms with Crippen molar-refractivity contribution in [3.05, 3.63) is 29.3 Å². The van der Waals surface area contributed by atoms with Gasteiger partial charge >= 0.3 is 12.0 Å². The Morgan fingerprint density at radius 3 is 2.47 bits per heavy atom. The van der Waals surface area contributed by atoms with Crippen molar-refractivity contribution < 1.29 is 14.7 Å². The van der Waals surface area contributed by atoms with E-state index >= 15 is 0 Å². The van der Waals surface area contributed by atoms with E-state index in [1.807, 2.05) is 26.0 Å². The molecule has 0 aliphatic heterocycles. The average molecular weight is 264 g/mol. The number of urea groups is 1. The number of benzene rings is 1. The summed E-state index contributed by atoms with van der Waals surface area (Å²) in [5.41, 5.74) is 2.77. The van der Waals surface area contributed by atoms with Crippen molar-refractivity contribution in [3.63, 3.8) is 0 Å². The maximum Gasteiger partial charge on any atom is 0.323 e. The molecule has 0 bridgehead atoms. The smallest absolute Gasteiger partial charge is 0.323 e. The van der Waals surface area contributed by atoms with E-state index < -0.39 is 12.0 Å². The third-order valence-electron chi connectivity index (χ3n) is 3.04. The SMILES string of the molecule is Cc1cccc(NC(=O)N(CC(=O)O)C(C)C)c1C. The molecule has 19 heavy (non-hydrogen) atoms. The molecule has 0 fully saturated rings. The van der Waals surface area contributed by atoms with Gasteiger partial charge in [-0.05, 0) is 44.9 Å². The molecule has 0 atom stereocenters. The van der Waals surface area contributed by atoms with Crippen LogP contribution in [0.3, 0.4) is 0 Å². The van der Waals surface area contributed by atoms with Crippen molar-refractivity contribution in [2.45, 2.75) is 33.7 Å². The van der Waals surface area contributed by atoms with Gasteiger partial charge in [-0.25, -0.2) is 4.79 Å². The predicted octanol–water partition coefficient (Wildman–Crippen LogP) is 2.63. The van der Waals surface area contributed by atoms with Crippen molar-refractivity contribution in [2.24, 2.45) is 0 Å². The van der Waals surface area contributed by atoms with Crippen LogP contribution in [0.2, 0.25) is 0 Å². The Morgan fingerprint density at radius 2 is 1.95 bits per heavy atom. The topological polar surface area (TPSA) is 69.6 Å². The van der Waals surface area contributed by atoms with E-state index in [4.69, 9.17) is 5.11 Å². The molecule has 1 aromatic carbocycles. The number of carbonyl (C=O) groups excluding carboxylic acids is 1. The molecule has 2 N–H and O–H groups in total. The summed E-state index contributed by atoms with van der Waals surface area (Å²) in [6.07, 6.45) is 0. The third-order valence-corrected chi connectivity index (χ3v) is 3.04. The first-order valence-electron chi connectivity index (χ1n) is 6.18. The van der Waals surface area contributed by atoms with Gasteiger partial charge in [-0.2, -0.15) is 0 Å². The molecule has 1 rings (SSSR count). The quantitative estimate of drug-likeness (QED) is 0.878. The van der Waals surface area contributed by atoms with E-state index in [1.165, 1.54) is 4.90 Å². The number of nitrogens with one attached hydrogen (secondary N) is 1. The second-order valence-electron chi connectivity index (χ2n) is 4.79. The summed E-state index contributed by atoms with van der Waals surface area (Å²) in [5, 5.41) is 11.6. The van der Waals surface area contributed by atoms with Gasteiger partial charge in [0, 0.05) is 11.7 Å². The van der Waals surface area contributed by atoms with Gasteiger partial charge < -0.3 is 15.3 Å². The standard InChI is InChI=1S/C14H20N2O3/c1-9(2)16(8-13(17)18)14(19)15-12-7-5-6-10(3)11(12)4/h5-7,9H,8H2,1-4H3,(H,15,19)(H,17,18). The van der Waals surface area contributed by atoms with Gasteiger partial charge in [0.25, 0.3) is 0 Å². The molecule has 5 heteroatoms. The molecule has 0 radical (unpaired) electrons. The number of hydrogen-bond donors (Lipinski definition) is 2. The number of amides is 2. The van der Waals surface area contributed by atoms with Crippen LogP contribution in [0.15, 0.2) is 18.2 Å². The molecule has 0 saturated carbocycles. The highest BCUT2D eigenvalue weighted by Gasteiger charge is 2.20. The number of carboxylic acid groups (broad SMARTS) is 1. The number of aliphatic carboxylic acids is 1. The Bertz CT molecular complexity index is 484. The van der Waals surface area contributed by atoms with Crippen LogP contribution in [0.4, 0.5) is 10.5 Å². The van der Waals surface area contributed by atoms with Crippen molar-refractivity contribution in [2.75, 3.05) is 11.9 Å². The molecular formula is C14H20N2O3. The summed E-state index contributed by atoms with van der Waals surface area (Å²) in [6, 6.07) is 5.05. The molecule has 104 valence electrons. The Morgan fingerprint density at radius 1 is 1.32 bits per heavy atom. The highest BCUT2D eigenvalue weighted by Crippen LogP contribution is 2.18. The second kappa shape index (κ2) is 6.22. The minimum absolute atomic E-state index is 0.179. The van der Waals surface area contributed by atoms with Gasteiger partial charge in [0.15, 0.2) is 0 Å². The first-order valence-corrected chi connectivity index (χ1v) is 6.18. The summed E-state index contributed by atoms with van der Waals surface area (Å²) in [5.74, 6) is -1.02. The fourth-order valence-electron chi connectivity index (χ4n) is 1.71. The van der Waals surface area contributed by atoms with Gasteiger partial charge in [0.2, 0.25) is 0 Å². The van der Waals surface area contributed by atoms with E-state index in [9.17, 15) is 9.59 Å². The zero-order valence-corrected chi connectivity index (χ0v) is 11.7. The lowest BCUT2D eigenvalue weighted by molar-refractivity contribution is -0.137. The summed E-state index contributed by atoms with van der Waals surface area (Å²) >= 11 is 0. The van der Waals surface area contributed by atoms with E-state index in [2.05, 4.69) is 5.32 Å². The first-order chi connectivity index (χ1) is 8.82. The zero-order valence-electron chi connectivity index (χ0n) is 11.7. The number of carbonyl (C=O) groups is 2. The van der Waals surface area contributed by atoms with Crippen LogP contribution in [0, 0.1) is 13.8 Å². The van der Waals surface area contributed by atoms with Crippen molar-refractivity contribution in [3.8, 4) is 0 Å². The maximum absolute atomic E-state index is 12.1. The fraction of sp³-hybridized carbons (Fsp3) is 0.429. The van der Waals surface area contributed by atoms with Gasteiger partial charge in [-0.1, -0.05) is 12.1 Å². The fourth-order valence-corrected chi connectivity index (χ4v) is 1.71. The lowest BCUT2D eigenvalue weighted by Crippen LogP contribution is -2.43. The highest BCUT2D eigenvalue weighted by atomic mass is 16.4. The number of rotatable bonds is 4. The minimum atomic E-state index is -1.02. The number of hydrogen-bond acceptors (Lipinski definition) is 2. The number of nitrogens with zero attached hydrogens (tertiary/aromatic N) is 1. The minimum Gasteiger partial charge on any atom is -0.480 e. The van der Waals surface area contributed by atoms with E-state index in [0.29, 0.717) is 5.69 Å². The average Bonchev–Trinajstić information content (AvgIpc) is 2.31. The zero-order chi connectivity index (χ0) is 14.6. The molecule has 1 aromatic rings. The van der Waals surface area contributed by atoms with Crippen LogP contribution in [0.25, 0.3) is 0 Å².